The van der Waals surface area contributed by atoms with Gasteiger partial charge in [0.25, 0.3) is 0 Å². The molecule has 0 radical (unpaired) electrons. The third kappa shape index (κ3) is 4.91. The fourth-order valence-electron chi connectivity index (χ4n) is 5.74. The number of amides is 3. The standard InChI is InChI=1S/C25H30Cl3N3O2/c1-24(2,3)30-23(33)31-25-11-10-18(17-9-8-16(27)12-20(17)28)21(19(25)13-29-22(25)32)14-4-6-15(26)7-5-14/h4-8,12,17-19,21H,9-11,13H2,1-3H3,(H,29,32)(H2,30,31,33)/t17?,18-,19-,21-,25-/m0/s1. The van der Waals surface area contributed by atoms with Crippen molar-refractivity contribution in [1.82, 2.24) is 16.0 Å². The molecule has 33 heavy (non-hydrogen) atoms. The Balaban J connectivity index is 1.72. The summed E-state index contributed by atoms with van der Waals surface area (Å²) in [5.74, 6) is 0.0483. The monoisotopic (exact) mass is 509 g/mol. The van der Waals surface area contributed by atoms with Crippen LogP contribution < -0.4 is 16.0 Å². The average molecular weight is 511 g/mol. The van der Waals surface area contributed by atoms with Gasteiger partial charge in [0.2, 0.25) is 5.91 Å². The first-order valence-electron chi connectivity index (χ1n) is 11.4. The molecule has 5 atom stereocenters. The molecule has 0 bridgehead atoms. The summed E-state index contributed by atoms with van der Waals surface area (Å²) in [7, 11) is 0. The predicted molar refractivity (Wildman–Crippen MR) is 134 cm³/mol. The minimum absolute atomic E-state index is 0.00216. The van der Waals surface area contributed by atoms with Crippen LogP contribution in [-0.2, 0) is 4.79 Å². The molecule has 0 aromatic heterocycles. The molecule has 1 heterocycles. The van der Waals surface area contributed by atoms with Gasteiger partial charge < -0.3 is 16.0 Å². The number of fused-ring (bicyclic) bond motifs is 1. The maximum Gasteiger partial charge on any atom is 0.316 e. The van der Waals surface area contributed by atoms with E-state index in [0.29, 0.717) is 23.0 Å². The molecular weight excluding hydrogens is 481 g/mol. The maximum atomic E-state index is 13.2. The van der Waals surface area contributed by atoms with Gasteiger partial charge in [-0.25, -0.2) is 4.79 Å². The summed E-state index contributed by atoms with van der Waals surface area (Å²) in [4.78, 5) is 26.1. The molecule has 4 rings (SSSR count). The van der Waals surface area contributed by atoms with E-state index in [2.05, 4.69) is 16.0 Å². The number of carbonyl (C=O) groups is 2. The van der Waals surface area contributed by atoms with Crippen LogP contribution in [0.2, 0.25) is 5.02 Å². The quantitative estimate of drug-likeness (QED) is 0.489. The van der Waals surface area contributed by atoms with E-state index in [1.807, 2.05) is 57.2 Å². The Labute approximate surface area is 210 Å². The van der Waals surface area contributed by atoms with Crippen LogP contribution in [0.3, 0.4) is 0 Å². The third-order valence-corrected chi connectivity index (χ3v) is 7.99. The molecule has 1 saturated heterocycles. The zero-order chi connectivity index (χ0) is 24.0. The molecule has 0 spiro atoms. The van der Waals surface area contributed by atoms with Crippen molar-refractivity contribution in [2.45, 2.75) is 57.0 Å². The van der Waals surface area contributed by atoms with Crippen molar-refractivity contribution in [1.29, 1.82) is 0 Å². The molecule has 3 N–H and O–H groups in total. The van der Waals surface area contributed by atoms with Gasteiger partial charge in [-0.15, -0.1) is 0 Å². The Kier molecular flexibility index (Phi) is 6.78. The van der Waals surface area contributed by atoms with Crippen molar-refractivity contribution in [2.24, 2.45) is 17.8 Å². The zero-order valence-corrected chi connectivity index (χ0v) is 21.3. The molecule has 5 nitrogen and oxygen atoms in total. The van der Waals surface area contributed by atoms with Crippen LogP contribution in [0.1, 0.15) is 51.5 Å². The molecule has 2 aliphatic carbocycles. The van der Waals surface area contributed by atoms with Gasteiger partial charge in [0.15, 0.2) is 0 Å². The smallest absolute Gasteiger partial charge is 0.316 e. The van der Waals surface area contributed by atoms with Crippen molar-refractivity contribution in [3.63, 3.8) is 0 Å². The second kappa shape index (κ2) is 9.16. The number of urea groups is 1. The van der Waals surface area contributed by atoms with Crippen LogP contribution in [-0.4, -0.2) is 29.6 Å². The minimum Gasteiger partial charge on any atom is -0.354 e. The lowest BCUT2D eigenvalue weighted by Crippen LogP contribution is -2.64. The number of rotatable bonds is 3. The van der Waals surface area contributed by atoms with Gasteiger partial charge >= 0.3 is 6.03 Å². The summed E-state index contributed by atoms with van der Waals surface area (Å²) in [6.45, 7) is 6.24. The van der Waals surface area contributed by atoms with E-state index >= 15 is 0 Å². The normalized spacial score (nSPS) is 31.8. The van der Waals surface area contributed by atoms with Gasteiger partial charge in [-0.3, -0.25) is 4.79 Å². The Morgan fingerprint density at radius 1 is 1.15 bits per heavy atom. The molecule has 1 aromatic rings. The molecule has 3 aliphatic rings. The lowest BCUT2D eigenvalue weighted by molar-refractivity contribution is -0.127. The van der Waals surface area contributed by atoms with Crippen LogP contribution in [0.15, 0.2) is 46.5 Å². The highest BCUT2D eigenvalue weighted by Crippen LogP contribution is 2.54. The van der Waals surface area contributed by atoms with E-state index in [1.165, 1.54) is 0 Å². The van der Waals surface area contributed by atoms with Gasteiger partial charge in [-0.2, -0.15) is 0 Å². The Hall–Kier alpha value is -1.69. The number of nitrogens with one attached hydrogen (secondary N) is 3. The van der Waals surface area contributed by atoms with Gasteiger partial charge in [0.05, 0.1) is 0 Å². The lowest BCUT2D eigenvalue weighted by Gasteiger charge is -2.49. The molecule has 1 unspecified atom stereocenters. The van der Waals surface area contributed by atoms with Crippen molar-refractivity contribution in [2.75, 3.05) is 6.54 Å². The molecular formula is C25H30Cl3N3O2. The molecule has 1 aromatic carbocycles. The Morgan fingerprint density at radius 3 is 2.48 bits per heavy atom. The SMILES string of the molecule is CC(C)(C)NC(=O)N[C@@]12CC[C@@H](C3CC=C(Cl)C=C3Cl)[C@H](c3ccc(Cl)cc3)[C@@H]1CNC2=O. The third-order valence-electron chi connectivity index (χ3n) is 7.08. The number of allylic oxidation sites excluding steroid dienone is 4. The van der Waals surface area contributed by atoms with E-state index in [-0.39, 0.29) is 35.6 Å². The summed E-state index contributed by atoms with van der Waals surface area (Å²) in [6.07, 6.45) is 5.88. The van der Waals surface area contributed by atoms with Gasteiger partial charge in [-0.05, 0) is 75.6 Å². The van der Waals surface area contributed by atoms with E-state index in [4.69, 9.17) is 34.8 Å². The second-order valence-corrected chi connectivity index (χ2v) is 11.7. The number of carbonyl (C=O) groups excluding carboxylic acids is 2. The molecule has 178 valence electrons. The fraction of sp³-hybridized carbons (Fsp3) is 0.520. The number of benzene rings is 1. The maximum absolute atomic E-state index is 13.2. The lowest BCUT2D eigenvalue weighted by atomic mass is 9.58. The van der Waals surface area contributed by atoms with Gasteiger partial charge in [-0.1, -0.05) is 53.0 Å². The first-order valence-corrected chi connectivity index (χ1v) is 12.5. The molecule has 3 amide bonds. The summed E-state index contributed by atoms with van der Waals surface area (Å²) in [6, 6.07) is 7.48. The Morgan fingerprint density at radius 2 is 1.85 bits per heavy atom. The number of hydrogen-bond donors (Lipinski definition) is 3. The molecule has 8 heteroatoms. The Bertz CT molecular complexity index is 999. The number of hydrogen-bond acceptors (Lipinski definition) is 2. The van der Waals surface area contributed by atoms with Crippen molar-refractivity contribution in [3.05, 3.63) is 57.1 Å². The summed E-state index contributed by atoms with van der Waals surface area (Å²) >= 11 is 19.1. The number of halogens is 3. The highest BCUT2D eigenvalue weighted by atomic mass is 35.5. The molecule has 1 aliphatic heterocycles. The first-order chi connectivity index (χ1) is 15.5. The predicted octanol–water partition coefficient (Wildman–Crippen LogP) is 5.68. The van der Waals surface area contributed by atoms with Crippen molar-refractivity contribution in [3.8, 4) is 0 Å². The van der Waals surface area contributed by atoms with Crippen LogP contribution >= 0.6 is 34.8 Å². The summed E-state index contributed by atoms with van der Waals surface area (Å²) in [5, 5.41) is 11.1. The highest BCUT2D eigenvalue weighted by Gasteiger charge is 2.59. The highest BCUT2D eigenvalue weighted by molar-refractivity contribution is 6.35. The second-order valence-electron chi connectivity index (χ2n) is 10.4. The van der Waals surface area contributed by atoms with E-state index in [0.717, 1.165) is 23.4 Å². The van der Waals surface area contributed by atoms with Gasteiger partial charge in [0.1, 0.15) is 5.54 Å². The minimum atomic E-state index is -0.978. The van der Waals surface area contributed by atoms with Crippen LogP contribution in [0, 0.1) is 17.8 Å². The molecule has 2 fully saturated rings. The summed E-state index contributed by atoms with van der Waals surface area (Å²) in [5.41, 5.74) is -0.295. The largest absolute Gasteiger partial charge is 0.354 e. The average Bonchev–Trinajstić information content (AvgIpc) is 3.03. The van der Waals surface area contributed by atoms with Crippen molar-refractivity contribution >= 4 is 46.7 Å². The van der Waals surface area contributed by atoms with E-state index < -0.39 is 11.1 Å². The van der Waals surface area contributed by atoms with Crippen LogP contribution in [0.5, 0.6) is 0 Å². The first kappa shape index (κ1) is 24.4. The van der Waals surface area contributed by atoms with Crippen molar-refractivity contribution < 1.29 is 9.59 Å². The molecule has 1 saturated carbocycles. The van der Waals surface area contributed by atoms with E-state index in [1.54, 1.807) is 0 Å². The van der Waals surface area contributed by atoms with Crippen LogP contribution in [0.25, 0.3) is 0 Å². The summed E-state index contributed by atoms with van der Waals surface area (Å²) < 4.78 is 0. The fourth-order valence-corrected chi connectivity index (χ4v) is 6.50. The van der Waals surface area contributed by atoms with Crippen LogP contribution in [0.4, 0.5) is 4.79 Å². The van der Waals surface area contributed by atoms with E-state index in [9.17, 15) is 9.59 Å². The topological polar surface area (TPSA) is 70.2 Å². The van der Waals surface area contributed by atoms with Gasteiger partial charge in [0, 0.05) is 39.0 Å². The zero-order valence-electron chi connectivity index (χ0n) is 19.1.